The quantitative estimate of drug-likeness (QED) is 0.688. The van der Waals surface area contributed by atoms with Gasteiger partial charge in [0.25, 0.3) is 0 Å². The van der Waals surface area contributed by atoms with Crippen molar-refractivity contribution in [3.8, 4) is 11.8 Å². The molecule has 2 aromatic rings. The lowest BCUT2D eigenvalue weighted by Crippen LogP contribution is -2.34. The number of imide groups is 1. The van der Waals surface area contributed by atoms with Crippen LogP contribution < -0.4 is 9.64 Å². The monoisotopic (exact) mass is 409 g/mol. The van der Waals surface area contributed by atoms with Gasteiger partial charge in [-0.1, -0.05) is 40.7 Å². The molecule has 0 bridgehead atoms. The van der Waals surface area contributed by atoms with Gasteiger partial charge in [-0.25, -0.2) is 14.9 Å². The third kappa shape index (κ3) is 3.47. The van der Waals surface area contributed by atoms with E-state index in [0.717, 1.165) is 11.1 Å². The minimum atomic E-state index is -0.664. The molecule has 2 atom stereocenters. The minimum absolute atomic E-state index is 0.000545. The fourth-order valence-corrected chi connectivity index (χ4v) is 3.98. The molecule has 158 valence electrons. The molecular formula is C23H27N3O4. The number of fused-ring (bicyclic) bond motifs is 1. The van der Waals surface area contributed by atoms with Gasteiger partial charge in [0.15, 0.2) is 0 Å². The largest absolute Gasteiger partial charge is 0.424 e. The van der Waals surface area contributed by atoms with Crippen LogP contribution in [0.3, 0.4) is 0 Å². The first-order valence-electron chi connectivity index (χ1n) is 10.2. The minimum Gasteiger partial charge on any atom is -0.424 e. The molecule has 1 saturated heterocycles. The molecule has 3 heterocycles. The summed E-state index contributed by atoms with van der Waals surface area (Å²) in [6, 6.07) is 5.99. The van der Waals surface area contributed by atoms with E-state index in [2.05, 4.69) is 30.7 Å². The number of anilines is 1. The Labute approximate surface area is 176 Å². The highest BCUT2D eigenvalue weighted by Crippen LogP contribution is 2.44. The molecule has 0 spiro atoms. The maximum absolute atomic E-state index is 12.7. The van der Waals surface area contributed by atoms with Crippen molar-refractivity contribution >= 4 is 17.5 Å². The van der Waals surface area contributed by atoms with E-state index in [9.17, 15) is 9.59 Å². The first kappa shape index (κ1) is 20.5. The van der Waals surface area contributed by atoms with Crippen molar-refractivity contribution in [3.63, 3.8) is 0 Å². The topological polar surface area (TPSA) is 81.6 Å². The molecule has 1 unspecified atom stereocenters. The Balaban J connectivity index is 1.53. The molecule has 2 aliphatic heterocycles. The number of ether oxygens (including phenoxy) is 2. The van der Waals surface area contributed by atoms with Gasteiger partial charge in [0, 0.05) is 6.42 Å². The summed E-state index contributed by atoms with van der Waals surface area (Å²) in [5.41, 5.74) is 1.95. The Bertz CT molecular complexity index is 996. The van der Waals surface area contributed by atoms with Gasteiger partial charge in [0.2, 0.25) is 11.8 Å². The Morgan fingerprint density at radius 3 is 2.53 bits per heavy atom. The Hall–Kier alpha value is -2.80. The van der Waals surface area contributed by atoms with Crippen LogP contribution in [0.15, 0.2) is 30.6 Å². The fourth-order valence-electron chi connectivity index (χ4n) is 3.98. The number of hydrogen-bond donors (Lipinski definition) is 0. The summed E-state index contributed by atoms with van der Waals surface area (Å²) in [5, 5.41) is 0. The Morgan fingerprint density at radius 1 is 1.23 bits per heavy atom. The van der Waals surface area contributed by atoms with Crippen molar-refractivity contribution in [1.82, 2.24) is 9.97 Å². The number of nitrogens with zero attached hydrogens (tertiary/aromatic N) is 3. The van der Waals surface area contributed by atoms with E-state index < -0.39 is 5.41 Å². The van der Waals surface area contributed by atoms with E-state index in [0.29, 0.717) is 24.5 Å². The zero-order valence-electron chi connectivity index (χ0n) is 18.1. The molecule has 0 aliphatic carbocycles. The molecule has 30 heavy (non-hydrogen) atoms. The van der Waals surface area contributed by atoms with Gasteiger partial charge in [-0.05, 0) is 35.1 Å². The standard InChI is InChI=1S/C23H27N3O4/c1-6-23(5)10-18(27)26(20(23)28)15-11-24-21(25-12-15)30-16-8-7-14-13-29-19(17(14)9-16)22(2,3)4/h7-9,11-12,19H,6,10,13H2,1-5H3/t19?,23-/m0/s1. The van der Waals surface area contributed by atoms with E-state index >= 15 is 0 Å². The highest BCUT2D eigenvalue weighted by Gasteiger charge is 2.47. The highest BCUT2D eigenvalue weighted by molar-refractivity contribution is 6.22. The van der Waals surface area contributed by atoms with Gasteiger partial charge in [-0.3, -0.25) is 9.59 Å². The highest BCUT2D eigenvalue weighted by atomic mass is 16.5. The first-order valence-corrected chi connectivity index (χ1v) is 10.2. The second-order valence-corrected chi connectivity index (χ2v) is 9.37. The number of benzene rings is 1. The maximum Gasteiger partial charge on any atom is 0.322 e. The van der Waals surface area contributed by atoms with Crippen molar-refractivity contribution in [1.29, 1.82) is 0 Å². The molecule has 7 heteroatoms. The number of carbonyl (C=O) groups excluding carboxylic acids is 2. The van der Waals surface area contributed by atoms with Crippen LogP contribution in [0.5, 0.6) is 11.8 Å². The number of hydrogen-bond acceptors (Lipinski definition) is 6. The summed E-state index contributed by atoms with van der Waals surface area (Å²) in [4.78, 5) is 34.6. The summed E-state index contributed by atoms with van der Waals surface area (Å²) in [7, 11) is 0. The lowest BCUT2D eigenvalue weighted by molar-refractivity contribution is -0.125. The molecule has 4 rings (SSSR count). The van der Waals surface area contributed by atoms with Gasteiger partial charge >= 0.3 is 6.01 Å². The van der Waals surface area contributed by atoms with Crippen LogP contribution in [-0.2, 0) is 20.9 Å². The second kappa shape index (κ2) is 7.16. The molecule has 1 aromatic carbocycles. The van der Waals surface area contributed by atoms with Crippen LogP contribution >= 0.6 is 0 Å². The first-order chi connectivity index (χ1) is 14.1. The van der Waals surface area contributed by atoms with Gasteiger partial charge in [-0.2, -0.15) is 0 Å². The number of amides is 2. The zero-order chi connectivity index (χ0) is 21.7. The normalized spacial score (nSPS) is 23.8. The van der Waals surface area contributed by atoms with Crippen LogP contribution in [-0.4, -0.2) is 21.8 Å². The maximum atomic E-state index is 12.7. The van der Waals surface area contributed by atoms with Gasteiger partial charge in [0.1, 0.15) is 5.75 Å². The van der Waals surface area contributed by atoms with Crippen molar-refractivity contribution in [2.45, 2.75) is 60.2 Å². The molecule has 0 saturated carbocycles. The SMILES string of the molecule is CC[C@@]1(C)CC(=O)N(c2cnc(Oc3ccc4c(c3)C(C(C)(C)C)OC4)nc2)C1=O. The van der Waals surface area contributed by atoms with E-state index in [1.807, 2.05) is 32.0 Å². The summed E-state index contributed by atoms with van der Waals surface area (Å²) in [5.74, 6) is 0.181. The van der Waals surface area contributed by atoms with Crippen LogP contribution in [0.4, 0.5) is 5.69 Å². The van der Waals surface area contributed by atoms with Gasteiger partial charge in [0.05, 0.1) is 36.2 Å². The number of carbonyl (C=O) groups is 2. The molecular weight excluding hydrogens is 382 g/mol. The predicted octanol–water partition coefficient (Wildman–Crippen LogP) is 4.57. The molecule has 7 nitrogen and oxygen atoms in total. The molecule has 0 N–H and O–H groups in total. The van der Waals surface area contributed by atoms with Crippen LogP contribution in [0.1, 0.15) is 64.7 Å². The summed E-state index contributed by atoms with van der Waals surface area (Å²) < 4.78 is 11.8. The third-order valence-electron chi connectivity index (χ3n) is 5.96. The second-order valence-electron chi connectivity index (χ2n) is 9.37. The number of rotatable bonds is 4. The summed E-state index contributed by atoms with van der Waals surface area (Å²) in [6.45, 7) is 10.8. The van der Waals surface area contributed by atoms with Crippen molar-refractivity contribution < 1.29 is 19.1 Å². The molecule has 0 radical (unpaired) electrons. The van der Waals surface area contributed by atoms with E-state index in [4.69, 9.17) is 9.47 Å². The van der Waals surface area contributed by atoms with Crippen molar-refractivity contribution in [3.05, 3.63) is 41.7 Å². The van der Waals surface area contributed by atoms with Crippen LogP contribution in [0.25, 0.3) is 0 Å². The van der Waals surface area contributed by atoms with Gasteiger partial charge in [-0.15, -0.1) is 0 Å². The van der Waals surface area contributed by atoms with Crippen molar-refractivity contribution in [2.75, 3.05) is 4.90 Å². The van der Waals surface area contributed by atoms with E-state index in [1.54, 1.807) is 0 Å². The van der Waals surface area contributed by atoms with E-state index in [-0.39, 0.29) is 35.8 Å². The Morgan fingerprint density at radius 2 is 1.93 bits per heavy atom. The zero-order valence-corrected chi connectivity index (χ0v) is 18.1. The lowest BCUT2D eigenvalue weighted by atomic mass is 9.84. The smallest absolute Gasteiger partial charge is 0.322 e. The molecule has 1 aromatic heterocycles. The molecule has 1 fully saturated rings. The van der Waals surface area contributed by atoms with Gasteiger partial charge < -0.3 is 9.47 Å². The molecule has 2 amide bonds. The predicted molar refractivity (Wildman–Crippen MR) is 111 cm³/mol. The molecule has 2 aliphatic rings. The summed E-state index contributed by atoms with van der Waals surface area (Å²) in [6.07, 6.45) is 3.71. The average molecular weight is 409 g/mol. The number of aromatic nitrogens is 2. The Kier molecular flexibility index (Phi) is 4.89. The van der Waals surface area contributed by atoms with Crippen LogP contribution in [0.2, 0.25) is 0 Å². The van der Waals surface area contributed by atoms with Crippen LogP contribution in [0, 0.1) is 10.8 Å². The van der Waals surface area contributed by atoms with Crippen molar-refractivity contribution in [2.24, 2.45) is 10.8 Å². The fraction of sp³-hybridized carbons (Fsp3) is 0.478. The van der Waals surface area contributed by atoms with E-state index in [1.165, 1.54) is 17.3 Å². The average Bonchev–Trinajstić information content (AvgIpc) is 3.21. The lowest BCUT2D eigenvalue weighted by Gasteiger charge is -2.26. The third-order valence-corrected chi connectivity index (χ3v) is 5.96. The summed E-state index contributed by atoms with van der Waals surface area (Å²) >= 11 is 0.